The van der Waals surface area contributed by atoms with Crippen LogP contribution >= 0.6 is 0 Å². The van der Waals surface area contributed by atoms with Crippen LogP contribution in [0.25, 0.3) is 11.5 Å². The summed E-state index contributed by atoms with van der Waals surface area (Å²) in [6.45, 7) is 13.6. The maximum Gasteiger partial charge on any atom is 0.408 e. The third-order valence-corrected chi connectivity index (χ3v) is 7.23. The van der Waals surface area contributed by atoms with Crippen LogP contribution in [0, 0.1) is 0 Å². The topological polar surface area (TPSA) is 116 Å². The van der Waals surface area contributed by atoms with Gasteiger partial charge >= 0.3 is 6.09 Å². The number of alkyl carbamates (subject to hydrolysis) is 1. The number of ether oxygens (including phenoxy) is 1. The predicted molar refractivity (Wildman–Crippen MR) is 157 cm³/mol. The van der Waals surface area contributed by atoms with Crippen LogP contribution in [0.3, 0.4) is 0 Å². The molecule has 0 spiro atoms. The lowest BCUT2D eigenvalue weighted by atomic mass is 10.1. The van der Waals surface area contributed by atoms with Crippen LogP contribution in [-0.4, -0.2) is 83.2 Å². The van der Waals surface area contributed by atoms with Crippen LogP contribution in [0.2, 0.25) is 0 Å². The number of nitrogens with zero attached hydrogens (tertiary/aromatic N) is 5. The summed E-state index contributed by atoms with van der Waals surface area (Å²) >= 11 is 0. The van der Waals surface area contributed by atoms with Crippen molar-refractivity contribution in [3.63, 3.8) is 0 Å². The molecule has 1 fully saturated rings. The highest BCUT2D eigenvalue weighted by molar-refractivity contribution is 5.82. The predicted octanol–water partition coefficient (Wildman–Crippen LogP) is 4.03. The van der Waals surface area contributed by atoms with E-state index in [-0.39, 0.29) is 12.5 Å². The fourth-order valence-corrected chi connectivity index (χ4v) is 5.00. The number of anilines is 3. The Labute approximate surface area is 240 Å². The molecule has 4 heterocycles. The number of rotatable bonds is 7. The van der Waals surface area contributed by atoms with Crippen molar-refractivity contribution in [2.24, 2.45) is 0 Å². The number of carbonyl (C=O) groups excluding carboxylic acids is 2. The van der Waals surface area contributed by atoms with Crippen molar-refractivity contribution >= 4 is 29.3 Å². The molecule has 0 radical (unpaired) electrons. The molecule has 0 atom stereocenters. The van der Waals surface area contributed by atoms with Crippen molar-refractivity contribution in [2.45, 2.75) is 46.3 Å². The van der Waals surface area contributed by atoms with Gasteiger partial charge in [-0.2, -0.15) is 0 Å². The van der Waals surface area contributed by atoms with Crippen LogP contribution in [0.15, 0.2) is 47.0 Å². The Balaban J connectivity index is 1.18. The van der Waals surface area contributed by atoms with Crippen LogP contribution in [0.1, 0.15) is 39.0 Å². The van der Waals surface area contributed by atoms with Gasteiger partial charge in [0, 0.05) is 50.3 Å². The summed E-state index contributed by atoms with van der Waals surface area (Å²) in [7, 11) is 0. The SMILES string of the molecule is CCN1CCN(c2ccc(Nc3nccc(-c4cc5c(o4)CN(C(=O)CNC(=O)OC(C)(C)C)CC5)n3)cc2)CC1. The van der Waals surface area contributed by atoms with E-state index in [1.807, 2.05) is 24.3 Å². The number of hydrogen-bond acceptors (Lipinski definition) is 9. The second-order valence-electron chi connectivity index (χ2n) is 11.3. The van der Waals surface area contributed by atoms with E-state index in [0.717, 1.165) is 49.7 Å². The molecule has 0 aliphatic carbocycles. The summed E-state index contributed by atoms with van der Waals surface area (Å²) in [6.07, 6.45) is 1.75. The van der Waals surface area contributed by atoms with Crippen molar-refractivity contribution in [2.75, 3.05) is 56.0 Å². The van der Waals surface area contributed by atoms with E-state index >= 15 is 0 Å². The van der Waals surface area contributed by atoms with Gasteiger partial charge in [-0.25, -0.2) is 14.8 Å². The number of aromatic nitrogens is 2. The minimum atomic E-state index is -0.622. The van der Waals surface area contributed by atoms with Crippen LogP contribution in [0.5, 0.6) is 0 Å². The van der Waals surface area contributed by atoms with Crippen molar-refractivity contribution in [3.05, 3.63) is 53.9 Å². The fourth-order valence-electron chi connectivity index (χ4n) is 5.00. The zero-order valence-electron chi connectivity index (χ0n) is 24.3. The molecule has 1 saturated heterocycles. The zero-order valence-corrected chi connectivity index (χ0v) is 24.3. The van der Waals surface area contributed by atoms with E-state index in [0.29, 0.717) is 36.9 Å². The summed E-state index contributed by atoms with van der Waals surface area (Å²) in [5.74, 6) is 1.64. The Morgan fingerprint density at radius 1 is 1.05 bits per heavy atom. The molecule has 3 aromatic rings. The van der Waals surface area contributed by atoms with E-state index in [2.05, 4.69) is 49.5 Å². The summed E-state index contributed by atoms with van der Waals surface area (Å²) in [5, 5.41) is 5.82. The van der Waals surface area contributed by atoms with E-state index in [9.17, 15) is 9.59 Å². The molecule has 41 heavy (non-hydrogen) atoms. The van der Waals surface area contributed by atoms with E-state index in [1.54, 1.807) is 31.9 Å². The minimum absolute atomic E-state index is 0.130. The summed E-state index contributed by atoms with van der Waals surface area (Å²) in [6, 6.07) is 12.1. The van der Waals surface area contributed by atoms with Crippen molar-refractivity contribution in [1.82, 2.24) is 25.1 Å². The van der Waals surface area contributed by atoms with Gasteiger partial charge in [-0.1, -0.05) is 6.92 Å². The molecule has 2 aromatic heterocycles. The molecule has 218 valence electrons. The van der Waals surface area contributed by atoms with E-state index in [1.165, 1.54) is 5.69 Å². The second-order valence-corrected chi connectivity index (χ2v) is 11.3. The second kappa shape index (κ2) is 12.2. The van der Waals surface area contributed by atoms with Crippen LogP contribution < -0.4 is 15.5 Å². The molecule has 2 aliphatic rings. The standard InChI is InChI=1S/C30H39N7O4/c1-5-35-14-16-36(17-15-35)23-8-6-22(7-9-23)33-28-31-12-10-24(34-28)25-18-21-11-13-37(20-26(21)40-25)27(38)19-32-29(39)41-30(2,3)4/h6-10,12,18H,5,11,13-17,19-20H2,1-4H3,(H,32,39)(H,31,33,34). The maximum atomic E-state index is 12.7. The molecule has 2 aliphatic heterocycles. The van der Waals surface area contributed by atoms with Crippen LogP contribution in [0.4, 0.5) is 22.1 Å². The van der Waals surface area contributed by atoms with Gasteiger partial charge in [0.15, 0.2) is 5.76 Å². The first-order valence-corrected chi connectivity index (χ1v) is 14.2. The van der Waals surface area contributed by atoms with Crippen molar-refractivity contribution in [3.8, 4) is 11.5 Å². The Morgan fingerprint density at radius 2 is 1.80 bits per heavy atom. The highest BCUT2D eigenvalue weighted by Gasteiger charge is 2.26. The summed E-state index contributed by atoms with van der Waals surface area (Å²) in [4.78, 5) is 40.2. The number of benzene rings is 1. The number of carbonyl (C=O) groups is 2. The number of piperazine rings is 1. The molecule has 2 amide bonds. The van der Waals surface area contributed by atoms with Crippen LogP contribution in [-0.2, 0) is 22.5 Å². The normalized spacial score (nSPS) is 15.8. The fraction of sp³-hybridized carbons (Fsp3) is 0.467. The van der Waals surface area contributed by atoms with Crippen molar-refractivity contribution in [1.29, 1.82) is 0 Å². The van der Waals surface area contributed by atoms with Crippen molar-refractivity contribution < 1.29 is 18.7 Å². The molecule has 2 N–H and O–H groups in total. The van der Waals surface area contributed by atoms with Gasteiger partial charge in [0.05, 0.1) is 6.54 Å². The Bertz CT molecular complexity index is 1360. The average molecular weight is 562 g/mol. The first-order chi connectivity index (χ1) is 19.7. The van der Waals surface area contributed by atoms with Gasteiger partial charge in [0.1, 0.15) is 23.6 Å². The van der Waals surface area contributed by atoms with Gasteiger partial charge < -0.3 is 34.5 Å². The molecule has 11 nitrogen and oxygen atoms in total. The number of nitrogens with one attached hydrogen (secondary N) is 2. The summed E-state index contributed by atoms with van der Waals surface area (Å²) in [5.41, 5.74) is 3.21. The molecule has 5 rings (SSSR count). The first kappa shape index (κ1) is 28.4. The highest BCUT2D eigenvalue weighted by Crippen LogP contribution is 2.29. The lowest BCUT2D eigenvalue weighted by Gasteiger charge is -2.35. The van der Waals surface area contributed by atoms with Gasteiger partial charge in [0.25, 0.3) is 0 Å². The number of fused-ring (bicyclic) bond motifs is 1. The highest BCUT2D eigenvalue weighted by atomic mass is 16.6. The first-order valence-electron chi connectivity index (χ1n) is 14.2. The minimum Gasteiger partial charge on any atom is -0.457 e. The molecular weight excluding hydrogens is 522 g/mol. The quantitative estimate of drug-likeness (QED) is 0.441. The largest absolute Gasteiger partial charge is 0.457 e. The van der Waals surface area contributed by atoms with Gasteiger partial charge in [-0.15, -0.1) is 0 Å². The number of amides is 2. The molecule has 11 heteroatoms. The van der Waals surface area contributed by atoms with E-state index in [4.69, 9.17) is 9.15 Å². The molecular formula is C30H39N7O4. The molecule has 1 aromatic carbocycles. The maximum absolute atomic E-state index is 12.7. The monoisotopic (exact) mass is 561 g/mol. The Morgan fingerprint density at radius 3 is 2.51 bits per heavy atom. The lowest BCUT2D eigenvalue weighted by Crippen LogP contribution is -2.46. The number of furan rings is 1. The smallest absolute Gasteiger partial charge is 0.408 e. The molecule has 0 bridgehead atoms. The van der Waals surface area contributed by atoms with E-state index < -0.39 is 11.7 Å². The van der Waals surface area contributed by atoms with Gasteiger partial charge in [0.2, 0.25) is 11.9 Å². The molecule has 0 unspecified atom stereocenters. The van der Waals surface area contributed by atoms with Gasteiger partial charge in [-0.05, 0) is 75.7 Å². The Hall–Kier alpha value is -4.12. The zero-order chi connectivity index (χ0) is 29.0. The average Bonchev–Trinajstić information content (AvgIpc) is 3.39. The lowest BCUT2D eigenvalue weighted by molar-refractivity contribution is -0.131. The Kier molecular flexibility index (Phi) is 8.44. The number of hydrogen-bond donors (Lipinski definition) is 2. The third kappa shape index (κ3) is 7.35. The van der Waals surface area contributed by atoms with Gasteiger partial charge in [-0.3, -0.25) is 4.79 Å². The summed E-state index contributed by atoms with van der Waals surface area (Å²) < 4.78 is 11.3. The molecule has 0 saturated carbocycles. The third-order valence-electron chi connectivity index (χ3n) is 7.23. The number of likely N-dealkylation sites (N-methyl/N-ethyl adjacent to an activating group) is 1.